The predicted octanol–water partition coefficient (Wildman–Crippen LogP) is 2.07. The number of nitrogens with two attached hydrogens (primary N) is 1. The number of nitrogens with zero attached hydrogens (tertiary/aromatic N) is 2. The fourth-order valence-corrected chi connectivity index (χ4v) is 3.79. The molecule has 28 heavy (non-hydrogen) atoms. The largest absolute Gasteiger partial charge is 0.296 e. The van der Waals surface area contributed by atoms with Gasteiger partial charge in [0.05, 0.1) is 29.0 Å². The van der Waals surface area contributed by atoms with Gasteiger partial charge in [0, 0.05) is 13.1 Å². The summed E-state index contributed by atoms with van der Waals surface area (Å²) in [5, 5.41) is 9.05. The molecule has 9 nitrogen and oxygen atoms in total. The lowest BCUT2D eigenvalue weighted by atomic mass is 10.2. The number of hydrogen-bond donors (Lipinski definition) is 3. The van der Waals surface area contributed by atoms with Gasteiger partial charge in [-0.15, -0.1) is 0 Å². The SMILES string of the molecule is CCN(CC)N(c1ccccc1)c1ccc(NS(C)(=O)=O)cc1NS(N)(=O)=O. The summed E-state index contributed by atoms with van der Waals surface area (Å²) in [6.45, 7) is 5.27. The normalized spacial score (nSPS) is 12.0. The molecular formula is C17H25N5O4S2. The van der Waals surface area contributed by atoms with Crippen LogP contribution in [-0.2, 0) is 20.2 Å². The average molecular weight is 428 g/mol. The van der Waals surface area contributed by atoms with Gasteiger partial charge in [-0.1, -0.05) is 32.0 Å². The highest BCUT2D eigenvalue weighted by Gasteiger charge is 2.21. The molecule has 0 aliphatic rings. The molecule has 11 heteroatoms. The van der Waals surface area contributed by atoms with Crippen molar-refractivity contribution < 1.29 is 16.8 Å². The lowest BCUT2D eigenvalue weighted by Gasteiger charge is -2.36. The third-order valence-corrected chi connectivity index (χ3v) is 4.90. The second-order valence-corrected chi connectivity index (χ2v) is 9.08. The van der Waals surface area contributed by atoms with Crippen LogP contribution >= 0.6 is 0 Å². The summed E-state index contributed by atoms with van der Waals surface area (Å²) in [6, 6.07) is 14.0. The number of nitrogens with one attached hydrogen (secondary N) is 2. The highest BCUT2D eigenvalue weighted by atomic mass is 32.2. The lowest BCUT2D eigenvalue weighted by Crippen LogP contribution is -2.39. The Balaban J connectivity index is 2.66. The van der Waals surface area contributed by atoms with Crippen molar-refractivity contribution in [1.82, 2.24) is 5.01 Å². The molecule has 0 heterocycles. The predicted molar refractivity (Wildman–Crippen MR) is 113 cm³/mol. The number of hydrazine groups is 1. The molecule has 0 atom stereocenters. The molecule has 0 saturated carbocycles. The molecule has 4 N–H and O–H groups in total. The van der Waals surface area contributed by atoms with E-state index in [9.17, 15) is 16.8 Å². The summed E-state index contributed by atoms with van der Waals surface area (Å²) in [5.41, 5.74) is 1.67. The van der Waals surface area contributed by atoms with Crippen LogP contribution in [0.1, 0.15) is 13.8 Å². The monoisotopic (exact) mass is 427 g/mol. The van der Waals surface area contributed by atoms with Gasteiger partial charge in [-0.2, -0.15) is 8.42 Å². The second-order valence-electron chi connectivity index (χ2n) is 6.04. The highest BCUT2D eigenvalue weighted by molar-refractivity contribution is 7.92. The van der Waals surface area contributed by atoms with Crippen molar-refractivity contribution in [2.45, 2.75) is 13.8 Å². The van der Waals surface area contributed by atoms with E-state index in [4.69, 9.17) is 5.14 Å². The number of anilines is 4. The quantitative estimate of drug-likeness (QED) is 0.526. The second kappa shape index (κ2) is 8.78. The van der Waals surface area contributed by atoms with Gasteiger partial charge in [0.15, 0.2) is 0 Å². The van der Waals surface area contributed by atoms with Gasteiger partial charge in [-0.3, -0.25) is 14.5 Å². The van der Waals surface area contributed by atoms with Crippen LogP contribution < -0.4 is 19.6 Å². The molecule has 2 aromatic carbocycles. The van der Waals surface area contributed by atoms with Crippen LogP contribution in [0.2, 0.25) is 0 Å². The van der Waals surface area contributed by atoms with E-state index in [-0.39, 0.29) is 11.4 Å². The van der Waals surface area contributed by atoms with Crippen molar-refractivity contribution in [3.05, 3.63) is 48.5 Å². The Hall–Kier alpha value is -2.34. The molecule has 0 fully saturated rings. The van der Waals surface area contributed by atoms with Gasteiger partial charge in [-0.25, -0.2) is 18.6 Å². The first-order chi connectivity index (χ1) is 13.0. The van der Waals surface area contributed by atoms with E-state index < -0.39 is 20.2 Å². The molecule has 0 bridgehead atoms. The van der Waals surface area contributed by atoms with Gasteiger partial charge < -0.3 is 0 Å². The maximum Gasteiger partial charge on any atom is 0.296 e. The Morgan fingerprint density at radius 1 is 0.929 bits per heavy atom. The van der Waals surface area contributed by atoms with E-state index in [2.05, 4.69) is 9.44 Å². The van der Waals surface area contributed by atoms with Crippen LogP contribution in [0.25, 0.3) is 0 Å². The van der Waals surface area contributed by atoms with E-state index in [0.717, 1.165) is 11.9 Å². The van der Waals surface area contributed by atoms with E-state index >= 15 is 0 Å². The van der Waals surface area contributed by atoms with Crippen LogP contribution in [0.4, 0.5) is 22.7 Å². The molecule has 0 radical (unpaired) electrons. The number of para-hydroxylation sites is 1. The molecule has 0 spiro atoms. The van der Waals surface area contributed by atoms with E-state index in [0.29, 0.717) is 18.8 Å². The van der Waals surface area contributed by atoms with E-state index in [1.54, 1.807) is 12.1 Å². The molecule has 0 unspecified atom stereocenters. The molecular weight excluding hydrogens is 402 g/mol. The summed E-state index contributed by atoms with van der Waals surface area (Å²) in [7, 11) is -7.62. The van der Waals surface area contributed by atoms with E-state index in [1.807, 2.05) is 54.2 Å². The molecule has 2 rings (SSSR count). The number of sulfonamides is 1. The average Bonchev–Trinajstić information content (AvgIpc) is 2.58. The van der Waals surface area contributed by atoms with Crippen molar-refractivity contribution in [2.24, 2.45) is 5.14 Å². The van der Waals surface area contributed by atoms with Crippen LogP contribution in [0, 0.1) is 0 Å². The Bertz CT molecular complexity index is 1010. The van der Waals surface area contributed by atoms with Gasteiger partial charge in [0.2, 0.25) is 10.0 Å². The number of rotatable bonds is 9. The van der Waals surface area contributed by atoms with Gasteiger partial charge in [0.1, 0.15) is 0 Å². The smallest absolute Gasteiger partial charge is 0.284 e. The maximum absolute atomic E-state index is 11.7. The fraction of sp³-hybridized carbons (Fsp3) is 0.294. The topological polar surface area (TPSA) is 125 Å². The highest BCUT2D eigenvalue weighted by Crippen LogP contribution is 2.36. The van der Waals surface area contributed by atoms with Crippen molar-refractivity contribution >= 4 is 43.0 Å². The Labute approximate surface area is 166 Å². The summed E-state index contributed by atoms with van der Waals surface area (Å²) in [5.74, 6) is 0. The minimum absolute atomic E-state index is 0.145. The van der Waals surface area contributed by atoms with Crippen molar-refractivity contribution in [1.29, 1.82) is 0 Å². The summed E-state index contributed by atoms with van der Waals surface area (Å²) in [4.78, 5) is 0. The lowest BCUT2D eigenvalue weighted by molar-refractivity contribution is 0.309. The van der Waals surface area contributed by atoms with Crippen LogP contribution in [0.15, 0.2) is 48.5 Å². The fourth-order valence-electron chi connectivity index (χ4n) is 2.76. The molecule has 0 aliphatic carbocycles. The molecule has 0 saturated heterocycles. The number of hydrogen-bond acceptors (Lipinski definition) is 6. The summed E-state index contributed by atoms with van der Waals surface area (Å²) >= 11 is 0. The minimum atomic E-state index is -4.09. The minimum Gasteiger partial charge on any atom is -0.284 e. The van der Waals surface area contributed by atoms with Crippen LogP contribution in [0.3, 0.4) is 0 Å². The summed E-state index contributed by atoms with van der Waals surface area (Å²) in [6.07, 6.45) is 1.01. The zero-order valence-electron chi connectivity index (χ0n) is 16.0. The van der Waals surface area contributed by atoms with Crippen molar-refractivity contribution in [2.75, 3.05) is 33.8 Å². The van der Waals surface area contributed by atoms with Crippen molar-refractivity contribution in [3.63, 3.8) is 0 Å². The zero-order chi connectivity index (χ0) is 20.9. The van der Waals surface area contributed by atoms with Gasteiger partial charge in [0.25, 0.3) is 10.2 Å². The third kappa shape index (κ3) is 6.09. The standard InChI is InChI=1S/C17H25N5O4S2/c1-4-21(5-2)22(15-9-7-6-8-10-15)17-12-11-14(19-27(3,23)24)13-16(17)20-28(18,25)26/h6-13,19-20H,4-5H2,1-3H3,(H2,18,25,26). The van der Waals surface area contributed by atoms with Gasteiger partial charge >= 0.3 is 0 Å². The van der Waals surface area contributed by atoms with Crippen molar-refractivity contribution in [3.8, 4) is 0 Å². The molecule has 0 aliphatic heterocycles. The molecule has 0 aromatic heterocycles. The Morgan fingerprint density at radius 2 is 1.54 bits per heavy atom. The van der Waals surface area contributed by atoms with E-state index in [1.165, 1.54) is 6.07 Å². The molecule has 154 valence electrons. The van der Waals surface area contributed by atoms with Crippen LogP contribution in [-0.4, -0.2) is 41.2 Å². The maximum atomic E-state index is 11.7. The van der Waals surface area contributed by atoms with Crippen LogP contribution in [0.5, 0.6) is 0 Å². The molecule has 0 amide bonds. The first kappa shape index (κ1) is 22.0. The Kier molecular flexibility index (Phi) is 6.88. The zero-order valence-corrected chi connectivity index (χ0v) is 17.6. The number of benzene rings is 2. The Morgan fingerprint density at radius 3 is 2.04 bits per heavy atom. The summed E-state index contributed by atoms with van der Waals surface area (Å²) < 4.78 is 51.1. The first-order valence-electron chi connectivity index (χ1n) is 8.56. The molecule has 2 aromatic rings. The first-order valence-corrected chi connectivity index (χ1v) is 12.0. The van der Waals surface area contributed by atoms with Gasteiger partial charge in [-0.05, 0) is 30.3 Å². The third-order valence-electron chi connectivity index (χ3n) is 3.79.